The van der Waals surface area contributed by atoms with Gasteiger partial charge in [0.1, 0.15) is 5.69 Å². The number of rotatable bonds is 7. The summed E-state index contributed by atoms with van der Waals surface area (Å²) in [7, 11) is 0. The molecule has 1 aliphatic rings. The lowest BCUT2D eigenvalue weighted by molar-refractivity contribution is -0.120. The molecular formula is C22H25N5O2. The van der Waals surface area contributed by atoms with Crippen LogP contribution in [0.4, 0.5) is 0 Å². The average Bonchev–Trinajstić information content (AvgIpc) is 3.19. The number of morpholine rings is 1. The van der Waals surface area contributed by atoms with E-state index in [0.29, 0.717) is 12.2 Å². The Balaban J connectivity index is 1.48. The molecule has 0 aliphatic carbocycles. The fourth-order valence-corrected chi connectivity index (χ4v) is 3.46. The van der Waals surface area contributed by atoms with Crippen LogP contribution in [0.25, 0.3) is 16.9 Å². The molecule has 2 aromatic carbocycles. The largest absolute Gasteiger partial charge is 0.379 e. The number of carbonyl (C=O) groups is 1. The van der Waals surface area contributed by atoms with Crippen LogP contribution in [0.1, 0.15) is 5.69 Å². The van der Waals surface area contributed by atoms with Crippen molar-refractivity contribution in [2.75, 3.05) is 39.4 Å². The van der Waals surface area contributed by atoms with Gasteiger partial charge in [-0.05, 0) is 12.1 Å². The van der Waals surface area contributed by atoms with E-state index in [-0.39, 0.29) is 12.3 Å². The van der Waals surface area contributed by atoms with Crippen LogP contribution in [0.5, 0.6) is 0 Å². The van der Waals surface area contributed by atoms with Crippen molar-refractivity contribution >= 4 is 5.91 Å². The number of ether oxygens (including phenoxy) is 1. The van der Waals surface area contributed by atoms with Gasteiger partial charge in [0.05, 0.1) is 31.0 Å². The Morgan fingerprint density at radius 2 is 1.69 bits per heavy atom. The Kier molecular flexibility index (Phi) is 6.29. The zero-order valence-corrected chi connectivity index (χ0v) is 16.3. The second-order valence-corrected chi connectivity index (χ2v) is 6.98. The molecule has 1 N–H and O–H groups in total. The van der Waals surface area contributed by atoms with Crippen molar-refractivity contribution in [2.45, 2.75) is 6.42 Å². The van der Waals surface area contributed by atoms with Gasteiger partial charge in [0.25, 0.3) is 0 Å². The molecule has 1 fully saturated rings. The van der Waals surface area contributed by atoms with Crippen molar-refractivity contribution in [2.24, 2.45) is 0 Å². The molecule has 29 heavy (non-hydrogen) atoms. The van der Waals surface area contributed by atoms with E-state index in [2.05, 4.69) is 20.5 Å². The molecule has 0 spiro atoms. The van der Waals surface area contributed by atoms with Crippen molar-refractivity contribution < 1.29 is 9.53 Å². The van der Waals surface area contributed by atoms with Gasteiger partial charge >= 0.3 is 0 Å². The summed E-state index contributed by atoms with van der Waals surface area (Å²) in [6.45, 7) is 4.80. The molecule has 0 atom stereocenters. The zero-order valence-electron chi connectivity index (χ0n) is 16.3. The minimum Gasteiger partial charge on any atom is -0.379 e. The van der Waals surface area contributed by atoms with Crippen LogP contribution < -0.4 is 5.32 Å². The standard InChI is InChI=1S/C22H25N5O2/c28-21(23-11-12-26-13-15-29-16-14-26)17-20-22(18-7-3-1-4-8-18)27(25-24-20)19-9-5-2-6-10-19/h1-10H,11-17H2,(H,23,28). The minimum atomic E-state index is -0.0458. The Labute approximate surface area is 170 Å². The predicted octanol–water partition coefficient (Wildman–Crippen LogP) is 1.93. The summed E-state index contributed by atoms with van der Waals surface area (Å²) in [6.07, 6.45) is 0.195. The lowest BCUT2D eigenvalue weighted by Gasteiger charge is -2.26. The number of hydrogen-bond donors (Lipinski definition) is 1. The molecule has 0 radical (unpaired) electrons. The molecule has 1 amide bonds. The highest BCUT2D eigenvalue weighted by atomic mass is 16.5. The Morgan fingerprint density at radius 1 is 1.00 bits per heavy atom. The van der Waals surface area contributed by atoms with Gasteiger partial charge in [-0.3, -0.25) is 9.69 Å². The van der Waals surface area contributed by atoms with E-state index in [1.165, 1.54) is 0 Å². The van der Waals surface area contributed by atoms with E-state index in [9.17, 15) is 4.79 Å². The second kappa shape index (κ2) is 9.45. The van der Waals surface area contributed by atoms with E-state index in [1.54, 1.807) is 4.68 Å². The summed E-state index contributed by atoms with van der Waals surface area (Å²) in [5, 5.41) is 11.7. The zero-order chi connectivity index (χ0) is 19.9. The van der Waals surface area contributed by atoms with Crippen molar-refractivity contribution in [1.82, 2.24) is 25.2 Å². The highest BCUT2D eigenvalue weighted by Crippen LogP contribution is 2.25. The summed E-state index contributed by atoms with van der Waals surface area (Å²) in [5.74, 6) is -0.0458. The predicted molar refractivity (Wildman–Crippen MR) is 111 cm³/mol. The maximum absolute atomic E-state index is 12.6. The van der Waals surface area contributed by atoms with Gasteiger partial charge in [0, 0.05) is 31.7 Å². The molecule has 1 aliphatic heterocycles. The topological polar surface area (TPSA) is 72.3 Å². The summed E-state index contributed by atoms with van der Waals surface area (Å²) >= 11 is 0. The normalized spacial score (nSPS) is 14.6. The Hall–Kier alpha value is -3.03. The highest BCUT2D eigenvalue weighted by molar-refractivity contribution is 5.80. The van der Waals surface area contributed by atoms with Crippen LogP contribution in [0.3, 0.4) is 0 Å². The second-order valence-electron chi connectivity index (χ2n) is 6.98. The van der Waals surface area contributed by atoms with Crippen LogP contribution in [0, 0.1) is 0 Å². The van der Waals surface area contributed by atoms with Crippen LogP contribution in [-0.2, 0) is 16.0 Å². The van der Waals surface area contributed by atoms with Crippen LogP contribution in [0.15, 0.2) is 60.7 Å². The third-order valence-electron chi connectivity index (χ3n) is 4.97. The van der Waals surface area contributed by atoms with Gasteiger partial charge in [0.2, 0.25) is 5.91 Å². The van der Waals surface area contributed by atoms with Crippen molar-refractivity contribution in [3.63, 3.8) is 0 Å². The summed E-state index contributed by atoms with van der Waals surface area (Å²) in [5.41, 5.74) is 3.42. The van der Waals surface area contributed by atoms with E-state index < -0.39 is 0 Å². The van der Waals surface area contributed by atoms with Crippen molar-refractivity contribution in [3.8, 4) is 16.9 Å². The third kappa shape index (κ3) is 4.88. The highest BCUT2D eigenvalue weighted by Gasteiger charge is 2.19. The maximum atomic E-state index is 12.6. The molecule has 150 valence electrons. The Morgan fingerprint density at radius 3 is 2.41 bits per heavy atom. The minimum absolute atomic E-state index is 0.0458. The van der Waals surface area contributed by atoms with Crippen LogP contribution in [-0.4, -0.2) is 65.2 Å². The molecule has 3 aromatic rings. The number of aromatic nitrogens is 3. The first-order valence-corrected chi connectivity index (χ1v) is 9.93. The number of nitrogens with one attached hydrogen (secondary N) is 1. The number of amides is 1. The van der Waals surface area contributed by atoms with Gasteiger partial charge in [-0.15, -0.1) is 5.10 Å². The molecule has 0 saturated carbocycles. The number of hydrogen-bond acceptors (Lipinski definition) is 5. The molecule has 1 aromatic heterocycles. The molecule has 4 rings (SSSR count). The summed E-state index contributed by atoms with van der Waals surface area (Å²) < 4.78 is 7.15. The van der Waals surface area contributed by atoms with Gasteiger partial charge < -0.3 is 10.1 Å². The van der Waals surface area contributed by atoms with E-state index in [0.717, 1.165) is 49.8 Å². The number of para-hydroxylation sites is 1. The smallest absolute Gasteiger partial charge is 0.226 e. The molecule has 1 saturated heterocycles. The number of benzene rings is 2. The van der Waals surface area contributed by atoms with Gasteiger partial charge in [0.15, 0.2) is 0 Å². The quantitative estimate of drug-likeness (QED) is 0.666. The molecule has 0 bridgehead atoms. The third-order valence-corrected chi connectivity index (χ3v) is 4.97. The molecule has 7 heteroatoms. The van der Waals surface area contributed by atoms with Gasteiger partial charge in [-0.25, -0.2) is 4.68 Å². The van der Waals surface area contributed by atoms with E-state index in [4.69, 9.17) is 4.74 Å². The molecular weight excluding hydrogens is 366 g/mol. The number of carbonyl (C=O) groups excluding carboxylic acids is 1. The first-order chi connectivity index (χ1) is 14.3. The SMILES string of the molecule is O=C(Cc1nnn(-c2ccccc2)c1-c1ccccc1)NCCN1CCOCC1. The fraction of sp³-hybridized carbons (Fsp3) is 0.318. The molecule has 2 heterocycles. The van der Waals surface area contributed by atoms with Crippen LogP contribution >= 0.6 is 0 Å². The fourth-order valence-electron chi connectivity index (χ4n) is 3.46. The van der Waals surface area contributed by atoms with Crippen LogP contribution in [0.2, 0.25) is 0 Å². The monoisotopic (exact) mass is 391 g/mol. The van der Waals surface area contributed by atoms with Gasteiger partial charge in [-0.1, -0.05) is 53.7 Å². The first-order valence-electron chi connectivity index (χ1n) is 9.93. The Bertz CT molecular complexity index is 921. The average molecular weight is 391 g/mol. The lowest BCUT2D eigenvalue weighted by Crippen LogP contribution is -2.41. The van der Waals surface area contributed by atoms with Crippen molar-refractivity contribution in [3.05, 3.63) is 66.4 Å². The first kappa shape index (κ1) is 19.3. The van der Waals surface area contributed by atoms with Gasteiger partial charge in [-0.2, -0.15) is 0 Å². The molecule has 0 unspecified atom stereocenters. The van der Waals surface area contributed by atoms with E-state index >= 15 is 0 Å². The summed E-state index contributed by atoms with van der Waals surface area (Å²) in [4.78, 5) is 14.8. The summed E-state index contributed by atoms with van der Waals surface area (Å²) in [6, 6.07) is 19.8. The lowest BCUT2D eigenvalue weighted by atomic mass is 10.1. The number of nitrogens with zero attached hydrogens (tertiary/aromatic N) is 4. The maximum Gasteiger partial charge on any atom is 0.226 e. The van der Waals surface area contributed by atoms with E-state index in [1.807, 2.05) is 60.7 Å². The van der Waals surface area contributed by atoms with Crippen molar-refractivity contribution in [1.29, 1.82) is 0 Å². The molecule has 7 nitrogen and oxygen atoms in total.